The lowest BCUT2D eigenvalue weighted by Crippen LogP contribution is -2.26. The standard InChI is InChI=1S/C13H14FIN2O2/c1-13(2,3)19-11(18)7-17-10-6-8(14)4-5-9(10)12(15)16-17/h4-6H,7H2,1-3H3. The summed E-state index contributed by atoms with van der Waals surface area (Å²) in [6.07, 6.45) is 0. The molecule has 0 saturated carbocycles. The van der Waals surface area contributed by atoms with Gasteiger partial charge < -0.3 is 4.74 Å². The number of benzene rings is 1. The summed E-state index contributed by atoms with van der Waals surface area (Å²) < 4.78 is 20.7. The number of carbonyl (C=O) groups excluding carboxylic acids is 1. The molecule has 0 radical (unpaired) electrons. The Kier molecular flexibility index (Phi) is 3.80. The monoisotopic (exact) mass is 376 g/mol. The minimum absolute atomic E-state index is 0.0276. The number of halogens is 2. The second kappa shape index (κ2) is 5.07. The number of fused-ring (bicyclic) bond motifs is 1. The van der Waals surface area contributed by atoms with Gasteiger partial charge in [0.05, 0.1) is 5.52 Å². The second-order valence-corrected chi connectivity index (χ2v) is 6.22. The van der Waals surface area contributed by atoms with Crippen molar-refractivity contribution in [3.8, 4) is 0 Å². The van der Waals surface area contributed by atoms with Crippen LogP contribution in [0.4, 0.5) is 4.39 Å². The number of esters is 1. The number of hydrogen-bond donors (Lipinski definition) is 0. The summed E-state index contributed by atoms with van der Waals surface area (Å²) in [7, 11) is 0. The van der Waals surface area contributed by atoms with Crippen LogP contribution >= 0.6 is 22.6 Å². The van der Waals surface area contributed by atoms with E-state index in [9.17, 15) is 9.18 Å². The lowest BCUT2D eigenvalue weighted by Gasteiger charge is -2.19. The fourth-order valence-electron chi connectivity index (χ4n) is 1.72. The van der Waals surface area contributed by atoms with Crippen molar-refractivity contribution in [2.24, 2.45) is 0 Å². The Balaban J connectivity index is 2.31. The first-order valence-electron chi connectivity index (χ1n) is 5.80. The van der Waals surface area contributed by atoms with E-state index >= 15 is 0 Å². The Morgan fingerprint density at radius 3 is 2.79 bits per heavy atom. The molecule has 1 heterocycles. The fraction of sp³-hybridized carbons (Fsp3) is 0.385. The SMILES string of the molecule is CC(C)(C)OC(=O)Cn1nc(I)c2ccc(F)cc21. The van der Waals surface area contributed by atoms with Crippen molar-refractivity contribution in [3.05, 3.63) is 27.7 Å². The molecule has 6 heteroatoms. The van der Waals surface area contributed by atoms with Gasteiger partial charge in [0.15, 0.2) is 0 Å². The van der Waals surface area contributed by atoms with Crippen molar-refractivity contribution in [2.75, 3.05) is 0 Å². The molecule has 102 valence electrons. The van der Waals surface area contributed by atoms with Crippen LogP contribution in [0.3, 0.4) is 0 Å². The highest BCUT2D eigenvalue weighted by molar-refractivity contribution is 14.1. The maximum atomic E-state index is 13.3. The van der Waals surface area contributed by atoms with Crippen LogP contribution in [0.1, 0.15) is 20.8 Å². The first-order valence-corrected chi connectivity index (χ1v) is 6.87. The minimum Gasteiger partial charge on any atom is -0.459 e. The van der Waals surface area contributed by atoms with Gasteiger partial charge in [-0.25, -0.2) is 4.39 Å². The molecule has 0 fully saturated rings. The molecule has 0 N–H and O–H groups in total. The maximum Gasteiger partial charge on any atom is 0.328 e. The predicted molar refractivity (Wildman–Crippen MR) is 78.3 cm³/mol. The number of nitrogens with zero attached hydrogens (tertiary/aromatic N) is 2. The zero-order chi connectivity index (χ0) is 14.2. The molecular weight excluding hydrogens is 362 g/mol. The molecule has 0 bridgehead atoms. The lowest BCUT2D eigenvalue weighted by atomic mass is 10.2. The fourth-order valence-corrected chi connectivity index (χ4v) is 2.44. The normalized spacial score (nSPS) is 11.8. The highest BCUT2D eigenvalue weighted by Crippen LogP contribution is 2.21. The van der Waals surface area contributed by atoms with Crippen LogP contribution in [-0.2, 0) is 16.1 Å². The Morgan fingerprint density at radius 2 is 2.16 bits per heavy atom. The number of ether oxygens (including phenoxy) is 1. The molecule has 0 amide bonds. The summed E-state index contributed by atoms with van der Waals surface area (Å²) in [6, 6.07) is 4.41. The van der Waals surface area contributed by atoms with Gasteiger partial charge in [0.1, 0.15) is 21.7 Å². The average Bonchev–Trinajstić information content (AvgIpc) is 2.52. The van der Waals surface area contributed by atoms with E-state index in [0.29, 0.717) is 5.52 Å². The summed E-state index contributed by atoms with van der Waals surface area (Å²) >= 11 is 2.06. The maximum absolute atomic E-state index is 13.3. The molecule has 0 atom stereocenters. The molecule has 0 aliphatic carbocycles. The van der Waals surface area contributed by atoms with Crippen molar-refractivity contribution >= 4 is 39.5 Å². The third-order valence-corrected chi connectivity index (χ3v) is 3.16. The van der Waals surface area contributed by atoms with E-state index in [1.165, 1.54) is 16.8 Å². The molecule has 0 unspecified atom stereocenters. The van der Waals surface area contributed by atoms with Gasteiger partial charge >= 0.3 is 5.97 Å². The topological polar surface area (TPSA) is 44.1 Å². The van der Waals surface area contributed by atoms with Gasteiger partial charge in [0.2, 0.25) is 0 Å². The van der Waals surface area contributed by atoms with Gasteiger partial charge in [0, 0.05) is 5.39 Å². The van der Waals surface area contributed by atoms with E-state index in [4.69, 9.17) is 4.74 Å². The van der Waals surface area contributed by atoms with Crippen molar-refractivity contribution in [1.82, 2.24) is 9.78 Å². The largest absolute Gasteiger partial charge is 0.459 e. The summed E-state index contributed by atoms with van der Waals surface area (Å²) in [4.78, 5) is 11.8. The summed E-state index contributed by atoms with van der Waals surface area (Å²) in [5.74, 6) is -0.744. The zero-order valence-corrected chi connectivity index (χ0v) is 13.1. The molecular formula is C13H14FIN2O2. The van der Waals surface area contributed by atoms with Gasteiger partial charge in [0.25, 0.3) is 0 Å². The predicted octanol–water partition coefficient (Wildman–Crippen LogP) is 3.12. The van der Waals surface area contributed by atoms with Crippen molar-refractivity contribution in [2.45, 2.75) is 32.9 Å². The summed E-state index contributed by atoms with van der Waals surface area (Å²) in [5, 5.41) is 5.06. The van der Waals surface area contributed by atoms with E-state index < -0.39 is 11.6 Å². The van der Waals surface area contributed by atoms with Crippen LogP contribution in [0.25, 0.3) is 10.9 Å². The Morgan fingerprint density at radius 1 is 1.47 bits per heavy atom. The van der Waals surface area contributed by atoms with E-state index in [0.717, 1.165) is 9.09 Å². The second-order valence-electron chi connectivity index (χ2n) is 5.20. The Bertz CT molecular complexity index is 631. The molecule has 1 aromatic heterocycles. The van der Waals surface area contributed by atoms with E-state index in [1.807, 2.05) is 0 Å². The molecule has 1 aromatic carbocycles. The number of hydrogen-bond acceptors (Lipinski definition) is 3. The smallest absolute Gasteiger partial charge is 0.328 e. The number of aromatic nitrogens is 2. The van der Waals surface area contributed by atoms with Crippen LogP contribution < -0.4 is 0 Å². The molecule has 4 nitrogen and oxygen atoms in total. The van der Waals surface area contributed by atoms with Gasteiger partial charge in [-0.1, -0.05) is 0 Å². The highest BCUT2D eigenvalue weighted by Gasteiger charge is 2.18. The number of rotatable bonds is 2. The zero-order valence-electron chi connectivity index (χ0n) is 10.9. The molecule has 19 heavy (non-hydrogen) atoms. The molecule has 0 saturated heterocycles. The molecule has 0 spiro atoms. The van der Waals surface area contributed by atoms with Crippen LogP contribution in [-0.4, -0.2) is 21.4 Å². The third kappa shape index (κ3) is 3.43. The molecule has 2 rings (SSSR count). The Hall–Kier alpha value is -1.18. The van der Waals surface area contributed by atoms with Crippen molar-refractivity contribution < 1.29 is 13.9 Å². The van der Waals surface area contributed by atoms with Crippen LogP contribution in [0.5, 0.6) is 0 Å². The van der Waals surface area contributed by atoms with Gasteiger partial charge in [-0.15, -0.1) is 0 Å². The molecule has 2 aromatic rings. The number of carbonyl (C=O) groups is 1. The first-order chi connectivity index (χ1) is 8.76. The summed E-state index contributed by atoms with van der Waals surface area (Å²) in [6.45, 7) is 5.38. The summed E-state index contributed by atoms with van der Waals surface area (Å²) in [5.41, 5.74) is 0.0496. The highest BCUT2D eigenvalue weighted by atomic mass is 127. The average molecular weight is 376 g/mol. The molecule has 0 aliphatic heterocycles. The van der Waals surface area contributed by atoms with Crippen LogP contribution in [0.2, 0.25) is 0 Å². The van der Waals surface area contributed by atoms with Crippen molar-refractivity contribution in [1.29, 1.82) is 0 Å². The van der Waals surface area contributed by atoms with Gasteiger partial charge in [-0.3, -0.25) is 9.48 Å². The van der Waals surface area contributed by atoms with E-state index in [2.05, 4.69) is 27.7 Å². The first kappa shape index (κ1) is 14.2. The van der Waals surface area contributed by atoms with Crippen LogP contribution in [0, 0.1) is 9.52 Å². The van der Waals surface area contributed by atoms with Crippen LogP contribution in [0.15, 0.2) is 18.2 Å². The van der Waals surface area contributed by atoms with Gasteiger partial charge in [-0.05, 0) is 61.6 Å². The van der Waals surface area contributed by atoms with E-state index in [-0.39, 0.29) is 12.4 Å². The van der Waals surface area contributed by atoms with Gasteiger partial charge in [-0.2, -0.15) is 5.10 Å². The Labute approximate surface area is 124 Å². The van der Waals surface area contributed by atoms with E-state index in [1.54, 1.807) is 26.8 Å². The minimum atomic E-state index is -0.543. The lowest BCUT2D eigenvalue weighted by molar-refractivity contribution is -0.155. The third-order valence-electron chi connectivity index (χ3n) is 2.37. The quantitative estimate of drug-likeness (QED) is 0.598. The van der Waals surface area contributed by atoms with Crippen molar-refractivity contribution in [3.63, 3.8) is 0 Å². The molecule has 0 aliphatic rings.